The first kappa shape index (κ1) is 13.4. The Kier molecular flexibility index (Phi) is 5.72. The first-order valence-corrected chi connectivity index (χ1v) is 5.02. The van der Waals surface area contributed by atoms with Crippen molar-refractivity contribution in [3.05, 3.63) is 0 Å². The normalized spacial score (nSPS) is 11.9. The lowest BCUT2D eigenvalue weighted by Gasteiger charge is -2.25. The Hall–Kier alpha value is -0.610. The summed E-state index contributed by atoms with van der Waals surface area (Å²) in [5.74, 6) is -0.0304. The predicted molar refractivity (Wildman–Crippen MR) is 57.1 cm³/mol. The summed E-state index contributed by atoms with van der Waals surface area (Å²) in [6.45, 7) is 8.20. The third kappa shape index (κ3) is 6.86. The molecule has 0 heterocycles. The monoisotopic (exact) mass is 202 g/mol. The number of aliphatic hydroxyl groups excluding tert-OH is 1. The summed E-state index contributed by atoms with van der Waals surface area (Å²) >= 11 is 0. The van der Waals surface area contributed by atoms with Crippen molar-refractivity contribution in [2.75, 3.05) is 13.2 Å². The summed E-state index contributed by atoms with van der Waals surface area (Å²) in [5, 5.41) is 14.7. The number of rotatable bonds is 6. The molecule has 14 heavy (non-hydrogen) atoms. The fourth-order valence-corrected chi connectivity index (χ4v) is 1.06. The average Bonchev–Trinajstić information content (AvgIpc) is 1.99. The van der Waals surface area contributed by atoms with Gasteiger partial charge in [-0.1, -0.05) is 13.8 Å². The summed E-state index contributed by atoms with van der Waals surface area (Å²) in [7, 11) is 0. The van der Waals surface area contributed by atoms with Gasteiger partial charge < -0.3 is 15.7 Å². The van der Waals surface area contributed by atoms with E-state index in [0.717, 1.165) is 0 Å². The Bertz CT molecular complexity index is 179. The number of nitrogens with one attached hydrogen (secondary N) is 2. The number of hydrogen-bond acceptors (Lipinski definition) is 3. The maximum atomic E-state index is 11.4. The van der Waals surface area contributed by atoms with Crippen LogP contribution in [-0.4, -0.2) is 35.7 Å². The number of hydrogen-bond donors (Lipinski definition) is 3. The zero-order chi connectivity index (χ0) is 11.2. The Morgan fingerprint density at radius 1 is 1.43 bits per heavy atom. The van der Waals surface area contributed by atoms with E-state index in [1.165, 1.54) is 0 Å². The molecule has 4 nitrogen and oxygen atoms in total. The summed E-state index contributed by atoms with van der Waals surface area (Å²) in [6, 6.07) is 0.307. The van der Waals surface area contributed by atoms with Crippen molar-refractivity contribution in [3.8, 4) is 0 Å². The Morgan fingerprint density at radius 3 is 2.43 bits per heavy atom. The van der Waals surface area contributed by atoms with Crippen LogP contribution in [-0.2, 0) is 4.79 Å². The molecule has 0 aliphatic rings. The maximum Gasteiger partial charge on any atom is 0.234 e. The van der Waals surface area contributed by atoms with Crippen molar-refractivity contribution >= 4 is 5.91 Å². The molecule has 0 radical (unpaired) electrons. The first-order chi connectivity index (χ1) is 6.37. The molecule has 0 aliphatic heterocycles. The largest absolute Gasteiger partial charge is 0.396 e. The summed E-state index contributed by atoms with van der Waals surface area (Å²) in [6.07, 6.45) is 0.570. The minimum absolute atomic E-state index is 0.0304. The standard InChI is InChI=1S/C10H22N2O2/c1-8(2)11-7-9(14)12-10(3,4)5-6-13/h8,11,13H,5-7H2,1-4H3,(H,12,14). The highest BCUT2D eigenvalue weighted by atomic mass is 16.3. The van der Waals surface area contributed by atoms with Gasteiger partial charge in [0.15, 0.2) is 0 Å². The van der Waals surface area contributed by atoms with Crippen molar-refractivity contribution in [1.82, 2.24) is 10.6 Å². The highest BCUT2D eigenvalue weighted by Gasteiger charge is 2.19. The van der Waals surface area contributed by atoms with Gasteiger partial charge in [0.1, 0.15) is 0 Å². The predicted octanol–water partition coefficient (Wildman–Crippen LogP) is 0.262. The molecule has 0 fully saturated rings. The van der Waals surface area contributed by atoms with Crippen LogP contribution in [0.3, 0.4) is 0 Å². The van der Waals surface area contributed by atoms with Crippen LogP contribution in [0.1, 0.15) is 34.1 Å². The van der Waals surface area contributed by atoms with Gasteiger partial charge in [-0.05, 0) is 20.3 Å². The van der Waals surface area contributed by atoms with Gasteiger partial charge in [0.05, 0.1) is 6.54 Å². The van der Waals surface area contributed by atoms with Crippen LogP contribution in [0.2, 0.25) is 0 Å². The number of amides is 1. The topological polar surface area (TPSA) is 61.4 Å². The lowest BCUT2D eigenvalue weighted by molar-refractivity contribution is -0.122. The number of carbonyl (C=O) groups excluding carboxylic acids is 1. The molecule has 0 aliphatic carbocycles. The Morgan fingerprint density at radius 2 is 2.00 bits per heavy atom. The minimum Gasteiger partial charge on any atom is -0.396 e. The molecule has 0 unspecified atom stereocenters. The SMILES string of the molecule is CC(C)NCC(=O)NC(C)(C)CCO. The molecule has 0 saturated heterocycles. The van der Waals surface area contributed by atoms with Crippen LogP contribution < -0.4 is 10.6 Å². The lowest BCUT2D eigenvalue weighted by Crippen LogP contribution is -2.48. The van der Waals surface area contributed by atoms with E-state index in [-0.39, 0.29) is 18.1 Å². The average molecular weight is 202 g/mol. The molecule has 1 amide bonds. The maximum absolute atomic E-state index is 11.4. The van der Waals surface area contributed by atoms with Crippen molar-refractivity contribution in [2.45, 2.75) is 45.7 Å². The molecule has 0 saturated carbocycles. The molecular weight excluding hydrogens is 180 g/mol. The van der Waals surface area contributed by atoms with Crippen LogP contribution in [0, 0.1) is 0 Å². The lowest BCUT2D eigenvalue weighted by atomic mass is 10.0. The molecule has 84 valence electrons. The second-order valence-electron chi connectivity index (χ2n) is 4.44. The van der Waals surface area contributed by atoms with E-state index in [1.807, 2.05) is 27.7 Å². The zero-order valence-electron chi connectivity index (χ0n) is 9.55. The van der Waals surface area contributed by atoms with E-state index < -0.39 is 0 Å². The number of aliphatic hydroxyl groups is 1. The van der Waals surface area contributed by atoms with E-state index in [1.54, 1.807) is 0 Å². The summed E-state index contributed by atoms with van der Waals surface area (Å²) in [5.41, 5.74) is -0.329. The molecule has 3 N–H and O–H groups in total. The quantitative estimate of drug-likeness (QED) is 0.579. The van der Waals surface area contributed by atoms with Crippen molar-refractivity contribution < 1.29 is 9.90 Å². The Balaban J connectivity index is 3.81. The molecule has 0 aromatic rings. The molecular formula is C10H22N2O2. The van der Waals surface area contributed by atoms with Crippen LogP contribution in [0.4, 0.5) is 0 Å². The third-order valence-corrected chi connectivity index (χ3v) is 1.89. The van der Waals surface area contributed by atoms with Crippen LogP contribution in [0.5, 0.6) is 0 Å². The van der Waals surface area contributed by atoms with Crippen molar-refractivity contribution in [1.29, 1.82) is 0 Å². The molecule has 0 rings (SSSR count). The van der Waals surface area contributed by atoms with Gasteiger partial charge in [-0.25, -0.2) is 0 Å². The second kappa shape index (κ2) is 5.98. The molecule has 0 bridgehead atoms. The second-order valence-corrected chi connectivity index (χ2v) is 4.44. The third-order valence-electron chi connectivity index (χ3n) is 1.89. The van der Waals surface area contributed by atoms with E-state index in [0.29, 0.717) is 19.0 Å². The smallest absolute Gasteiger partial charge is 0.234 e. The van der Waals surface area contributed by atoms with Crippen LogP contribution in [0.25, 0.3) is 0 Å². The highest BCUT2D eigenvalue weighted by Crippen LogP contribution is 2.06. The van der Waals surface area contributed by atoms with Crippen molar-refractivity contribution in [2.24, 2.45) is 0 Å². The van der Waals surface area contributed by atoms with Crippen LogP contribution in [0.15, 0.2) is 0 Å². The molecule has 0 aromatic carbocycles. The molecule has 0 atom stereocenters. The zero-order valence-corrected chi connectivity index (χ0v) is 9.55. The van der Waals surface area contributed by atoms with Gasteiger partial charge in [-0.3, -0.25) is 4.79 Å². The van der Waals surface area contributed by atoms with Gasteiger partial charge in [-0.15, -0.1) is 0 Å². The summed E-state index contributed by atoms with van der Waals surface area (Å²) < 4.78 is 0. The fourth-order valence-electron chi connectivity index (χ4n) is 1.06. The van der Waals surface area contributed by atoms with E-state index in [2.05, 4.69) is 10.6 Å². The fraction of sp³-hybridized carbons (Fsp3) is 0.900. The van der Waals surface area contributed by atoms with E-state index in [9.17, 15) is 4.79 Å². The van der Waals surface area contributed by atoms with Gasteiger partial charge in [0, 0.05) is 18.2 Å². The minimum atomic E-state index is -0.329. The van der Waals surface area contributed by atoms with Gasteiger partial charge >= 0.3 is 0 Å². The van der Waals surface area contributed by atoms with E-state index >= 15 is 0 Å². The summed E-state index contributed by atoms with van der Waals surface area (Å²) in [4.78, 5) is 11.4. The van der Waals surface area contributed by atoms with Crippen LogP contribution >= 0.6 is 0 Å². The van der Waals surface area contributed by atoms with Gasteiger partial charge in [0.25, 0.3) is 0 Å². The first-order valence-electron chi connectivity index (χ1n) is 5.02. The van der Waals surface area contributed by atoms with Crippen molar-refractivity contribution in [3.63, 3.8) is 0 Å². The van der Waals surface area contributed by atoms with Gasteiger partial charge in [-0.2, -0.15) is 0 Å². The Labute approximate surface area is 86.1 Å². The number of carbonyl (C=O) groups is 1. The molecule has 0 spiro atoms. The van der Waals surface area contributed by atoms with Gasteiger partial charge in [0.2, 0.25) is 5.91 Å². The molecule has 0 aromatic heterocycles. The molecule has 4 heteroatoms. The van der Waals surface area contributed by atoms with E-state index in [4.69, 9.17) is 5.11 Å². The highest BCUT2D eigenvalue weighted by molar-refractivity contribution is 5.78.